The molecule has 3 heterocycles. The molecule has 4 rings (SSSR count). The third kappa shape index (κ3) is 4.25. The number of carbonyl (C=O) groups is 1. The van der Waals surface area contributed by atoms with E-state index in [1.807, 2.05) is 41.6 Å². The van der Waals surface area contributed by atoms with E-state index >= 15 is 0 Å². The summed E-state index contributed by atoms with van der Waals surface area (Å²) < 4.78 is 7.06. The lowest BCUT2D eigenvalue weighted by molar-refractivity contribution is 0.0948. The van der Waals surface area contributed by atoms with Gasteiger partial charge in [-0.1, -0.05) is 0 Å². The molecule has 9 heteroatoms. The molecule has 1 aliphatic rings. The molecular weight excluding hydrogens is 406 g/mol. The van der Waals surface area contributed by atoms with Gasteiger partial charge in [-0.2, -0.15) is 0 Å². The van der Waals surface area contributed by atoms with E-state index in [0.29, 0.717) is 31.1 Å². The van der Waals surface area contributed by atoms with E-state index in [0.717, 1.165) is 53.5 Å². The van der Waals surface area contributed by atoms with Gasteiger partial charge in [-0.3, -0.25) is 10.2 Å². The highest BCUT2D eigenvalue weighted by Gasteiger charge is 2.25. The number of nitrogens with one attached hydrogen (secondary N) is 3. The van der Waals surface area contributed by atoms with Crippen molar-refractivity contribution in [3.63, 3.8) is 0 Å². The van der Waals surface area contributed by atoms with Crippen LogP contribution in [0.25, 0.3) is 11.0 Å². The quantitative estimate of drug-likeness (QED) is 0.299. The fourth-order valence-corrected chi connectivity index (χ4v) is 4.19. The molecule has 32 heavy (non-hydrogen) atoms. The molecule has 0 spiro atoms. The zero-order chi connectivity index (χ0) is 22.8. The molecule has 170 valence electrons. The van der Waals surface area contributed by atoms with Gasteiger partial charge in [0, 0.05) is 45.8 Å². The number of aromatic amines is 1. The highest BCUT2D eigenvalue weighted by Crippen LogP contribution is 2.28. The Labute approximate surface area is 187 Å². The molecule has 2 aromatic heterocycles. The highest BCUT2D eigenvalue weighted by molar-refractivity contribution is 5.97. The Morgan fingerprint density at radius 2 is 2.19 bits per heavy atom. The van der Waals surface area contributed by atoms with Crippen molar-refractivity contribution in [1.29, 1.82) is 5.41 Å². The van der Waals surface area contributed by atoms with Crippen molar-refractivity contribution in [3.05, 3.63) is 46.8 Å². The van der Waals surface area contributed by atoms with Gasteiger partial charge in [0.25, 0.3) is 5.91 Å². The number of ether oxygens (including phenoxy) is 1. The van der Waals surface area contributed by atoms with Crippen LogP contribution in [0.15, 0.2) is 18.2 Å². The number of hydrogen-bond acceptors (Lipinski definition) is 5. The number of aromatic nitrogens is 4. The summed E-state index contributed by atoms with van der Waals surface area (Å²) in [5.74, 6) is 2.23. The van der Waals surface area contributed by atoms with Crippen LogP contribution < -0.4 is 5.32 Å². The topological polar surface area (TPSA) is 112 Å². The van der Waals surface area contributed by atoms with Crippen LogP contribution in [-0.2, 0) is 24.8 Å². The number of H-pyrrole nitrogens is 1. The molecular formula is C23H31N7O2. The number of fused-ring (bicyclic) bond motifs is 2. The highest BCUT2D eigenvalue weighted by atomic mass is 16.5. The second-order valence-electron chi connectivity index (χ2n) is 8.36. The summed E-state index contributed by atoms with van der Waals surface area (Å²) in [6.07, 6.45) is 1.61. The fraction of sp³-hybridized carbons (Fsp3) is 0.478. The van der Waals surface area contributed by atoms with E-state index in [1.54, 1.807) is 7.11 Å². The van der Waals surface area contributed by atoms with Gasteiger partial charge in [-0.25, -0.2) is 9.97 Å². The summed E-state index contributed by atoms with van der Waals surface area (Å²) in [5, 5.41) is 10.8. The number of methoxy groups -OCH3 is 1. The normalized spacial score (nSPS) is 14.4. The number of amidine groups is 1. The summed E-state index contributed by atoms with van der Waals surface area (Å²) >= 11 is 0. The van der Waals surface area contributed by atoms with Crippen LogP contribution in [0.5, 0.6) is 0 Å². The van der Waals surface area contributed by atoms with E-state index < -0.39 is 0 Å². The number of hydrogen-bond donors (Lipinski definition) is 3. The number of rotatable bonds is 7. The molecule has 1 atom stereocenters. The Kier molecular flexibility index (Phi) is 6.27. The van der Waals surface area contributed by atoms with Crippen LogP contribution >= 0.6 is 0 Å². The Balaban J connectivity index is 1.55. The van der Waals surface area contributed by atoms with Crippen LogP contribution in [0.1, 0.15) is 59.6 Å². The average Bonchev–Trinajstić information content (AvgIpc) is 3.36. The molecule has 0 radical (unpaired) electrons. The predicted molar refractivity (Wildman–Crippen MR) is 123 cm³/mol. The lowest BCUT2D eigenvalue weighted by Gasteiger charge is -2.26. The number of benzene rings is 1. The van der Waals surface area contributed by atoms with Crippen molar-refractivity contribution < 1.29 is 9.53 Å². The maximum atomic E-state index is 12.5. The van der Waals surface area contributed by atoms with Gasteiger partial charge in [0.1, 0.15) is 11.6 Å². The van der Waals surface area contributed by atoms with Crippen LogP contribution in [0.4, 0.5) is 0 Å². The summed E-state index contributed by atoms with van der Waals surface area (Å²) in [6, 6.07) is 5.60. The first-order chi connectivity index (χ1) is 15.4. The minimum Gasteiger partial charge on any atom is -0.385 e. The molecule has 1 unspecified atom stereocenters. The maximum absolute atomic E-state index is 12.5. The third-order valence-electron chi connectivity index (χ3n) is 6.11. The predicted octanol–water partition coefficient (Wildman–Crippen LogP) is 2.57. The van der Waals surface area contributed by atoms with Crippen molar-refractivity contribution in [1.82, 2.24) is 29.7 Å². The third-order valence-corrected chi connectivity index (χ3v) is 6.11. The van der Waals surface area contributed by atoms with E-state index in [1.165, 1.54) is 0 Å². The minimum absolute atomic E-state index is 0.0288. The average molecular weight is 438 g/mol. The van der Waals surface area contributed by atoms with Gasteiger partial charge in [0.2, 0.25) is 0 Å². The van der Waals surface area contributed by atoms with E-state index in [4.69, 9.17) is 20.1 Å². The first-order valence-corrected chi connectivity index (χ1v) is 11.0. The van der Waals surface area contributed by atoms with E-state index in [2.05, 4.69) is 17.2 Å². The minimum atomic E-state index is -0.0939. The monoisotopic (exact) mass is 437 g/mol. The van der Waals surface area contributed by atoms with Crippen LogP contribution in [0.2, 0.25) is 0 Å². The lowest BCUT2D eigenvalue weighted by atomic mass is 10.1. The number of nitrogens with zero attached hydrogens (tertiary/aromatic N) is 4. The van der Waals surface area contributed by atoms with Crippen molar-refractivity contribution in [2.24, 2.45) is 7.05 Å². The second kappa shape index (κ2) is 9.12. The van der Waals surface area contributed by atoms with Crippen molar-refractivity contribution in [3.8, 4) is 0 Å². The van der Waals surface area contributed by atoms with Crippen molar-refractivity contribution in [2.45, 2.75) is 39.2 Å². The van der Waals surface area contributed by atoms with E-state index in [9.17, 15) is 4.79 Å². The van der Waals surface area contributed by atoms with Gasteiger partial charge in [-0.05, 0) is 38.5 Å². The molecule has 3 N–H and O–H groups in total. The molecule has 0 fully saturated rings. The van der Waals surface area contributed by atoms with Crippen LogP contribution in [-0.4, -0.2) is 63.0 Å². The SMILES string of the molecule is COCCCNC(=O)c1ccc2nc(C(C)c3nc4c([nH]3)CN(C(C)=N)CC4)n(C)c2c1. The zero-order valence-electron chi connectivity index (χ0n) is 19.2. The first-order valence-electron chi connectivity index (χ1n) is 11.0. The molecule has 1 aromatic carbocycles. The number of carbonyl (C=O) groups excluding carboxylic acids is 1. The Hall–Kier alpha value is -3.20. The summed E-state index contributed by atoms with van der Waals surface area (Å²) in [7, 11) is 3.63. The Morgan fingerprint density at radius 3 is 2.94 bits per heavy atom. The maximum Gasteiger partial charge on any atom is 0.251 e. The molecule has 0 aliphatic carbocycles. The number of amides is 1. The molecule has 0 saturated heterocycles. The van der Waals surface area contributed by atoms with Gasteiger partial charge in [-0.15, -0.1) is 0 Å². The van der Waals surface area contributed by atoms with Gasteiger partial charge < -0.3 is 24.5 Å². The molecule has 1 amide bonds. The van der Waals surface area contributed by atoms with Gasteiger partial charge in [0.15, 0.2) is 0 Å². The van der Waals surface area contributed by atoms with Crippen molar-refractivity contribution >= 4 is 22.8 Å². The lowest BCUT2D eigenvalue weighted by Crippen LogP contribution is -2.33. The standard InChI is InChI=1S/C23H31N7O2/c1-14(21-26-17-8-10-30(15(2)24)13-19(17)27-21)22-28-18-7-6-16(12-20(18)29(22)3)23(31)25-9-5-11-32-4/h6-7,12,14,24H,5,8-11,13H2,1-4H3,(H,25,31)(H,26,27). The van der Waals surface area contributed by atoms with Gasteiger partial charge >= 0.3 is 0 Å². The summed E-state index contributed by atoms with van der Waals surface area (Å²) in [6.45, 7) is 6.63. The smallest absolute Gasteiger partial charge is 0.251 e. The van der Waals surface area contributed by atoms with E-state index in [-0.39, 0.29) is 11.8 Å². The summed E-state index contributed by atoms with van der Waals surface area (Å²) in [4.78, 5) is 27.7. The molecule has 0 saturated carbocycles. The number of imidazole rings is 2. The Morgan fingerprint density at radius 1 is 1.38 bits per heavy atom. The van der Waals surface area contributed by atoms with Crippen LogP contribution in [0, 0.1) is 5.41 Å². The first kappa shape index (κ1) is 22.0. The molecule has 1 aliphatic heterocycles. The molecule has 9 nitrogen and oxygen atoms in total. The van der Waals surface area contributed by atoms with Crippen molar-refractivity contribution in [2.75, 3.05) is 26.8 Å². The van der Waals surface area contributed by atoms with Crippen LogP contribution in [0.3, 0.4) is 0 Å². The fourth-order valence-electron chi connectivity index (χ4n) is 4.19. The second-order valence-corrected chi connectivity index (χ2v) is 8.36. The molecule has 3 aromatic rings. The molecule has 0 bridgehead atoms. The zero-order valence-corrected chi connectivity index (χ0v) is 19.2. The number of aryl methyl sites for hydroxylation is 1. The summed E-state index contributed by atoms with van der Waals surface area (Å²) in [5.41, 5.74) is 4.55. The Bertz CT molecular complexity index is 1150. The largest absolute Gasteiger partial charge is 0.385 e. The van der Waals surface area contributed by atoms with Gasteiger partial charge in [0.05, 0.1) is 40.7 Å².